The van der Waals surface area contributed by atoms with E-state index in [0.29, 0.717) is 23.0 Å². The van der Waals surface area contributed by atoms with Crippen LogP contribution in [0.1, 0.15) is 0 Å². The summed E-state index contributed by atoms with van der Waals surface area (Å²) in [4.78, 5) is 3.48. The van der Waals surface area contributed by atoms with Gasteiger partial charge in [-0.15, -0.1) is 0 Å². The number of aromatic nitrogens is 1. The molecular formula is C25H25NO6. The Labute approximate surface area is 186 Å². The predicted molar refractivity (Wildman–Crippen MR) is 124 cm³/mol. The number of benzene rings is 3. The number of hydrogen-bond donors (Lipinski definition) is 2. The number of rotatable bonds is 7. The molecule has 0 fully saturated rings. The van der Waals surface area contributed by atoms with E-state index in [1.807, 2.05) is 36.4 Å². The number of ether oxygens (including phenoxy) is 5. The number of aromatic hydroxyl groups is 1. The molecule has 0 spiro atoms. The van der Waals surface area contributed by atoms with Crippen molar-refractivity contribution in [2.45, 2.75) is 0 Å². The van der Waals surface area contributed by atoms with E-state index < -0.39 is 0 Å². The molecule has 0 saturated carbocycles. The van der Waals surface area contributed by atoms with E-state index in [9.17, 15) is 5.11 Å². The molecule has 166 valence electrons. The fraction of sp³-hybridized carbons (Fsp3) is 0.200. The standard InChI is InChI=1S/C25H25NO6/c1-28-16-7-8-18-17(13-16)23(15-11-21(30-3)25(32-5)22(12-15)31-4)24(26-18)14-6-9-20(29-2)19(27)10-14/h6-13,26-27H,1-5H3. The van der Waals surface area contributed by atoms with E-state index in [-0.39, 0.29) is 5.75 Å². The summed E-state index contributed by atoms with van der Waals surface area (Å²) < 4.78 is 27.3. The zero-order valence-electron chi connectivity index (χ0n) is 18.6. The Morgan fingerprint density at radius 1 is 0.656 bits per heavy atom. The third-order valence-electron chi connectivity index (χ3n) is 5.43. The van der Waals surface area contributed by atoms with Crippen molar-refractivity contribution in [1.82, 2.24) is 4.98 Å². The van der Waals surface area contributed by atoms with E-state index in [2.05, 4.69) is 4.98 Å². The first-order chi connectivity index (χ1) is 15.5. The van der Waals surface area contributed by atoms with Crippen LogP contribution in [0.25, 0.3) is 33.3 Å². The molecule has 0 aliphatic rings. The van der Waals surface area contributed by atoms with Gasteiger partial charge in [-0.05, 0) is 54.1 Å². The minimum Gasteiger partial charge on any atom is -0.504 e. The van der Waals surface area contributed by atoms with Gasteiger partial charge in [0, 0.05) is 22.0 Å². The summed E-state index contributed by atoms with van der Waals surface area (Å²) in [6.45, 7) is 0. The van der Waals surface area contributed by atoms with Crippen LogP contribution in [0.3, 0.4) is 0 Å². The van der Waals surface area contributed by atoms with Crippen molar-refractivity contribution in [1.29, 1.82) is 0 Å². The first-order valence-corrected chi connectivity index (χ1v) is 9.92. The van der Waals surface area contributed by atoms with Gasteiger partial charge in [-0.1, -0.05) is 0 Å². The quantitative estimate of drug-likeness (QED) is 0.413. The Hall–Kier alpha value is -4.00. The Kier molecular flexibility index (Phi) is 5.73. The largest absolute Gasteiger partial charge is 0.504 e. The van der Waals surface area contributed by atoms with E-state index >= 15 is 0 Å². The molecule has 0 aliphatic carbocycles. The fourth-order valence-corrected chi connectivity index (χ4v) is 3.89. The molecule has 0 radical (unpaired) electrons. The number of methoxy groups -OCH3 is 5. The van der Waals surface area contributed by atoms with Crippen LogP contribution < -0.4 is 23.7 Å². The summed E-state index contributed by atoms with van der Waals surface area (Å²) in [6.07, 6.45) is 0. The fourth-order valence-electron chi connectivity index (χ4n) is 3.89. The number of phenols is 1. The molecule has 7 heteroatoms. The van der Waals surface area contributed by atoms with Crippen LogP contribution in [0.15, 0.2) is 48.5 Å². The van der Waals surface area contributed by atoms with E-state index in [0.717, 1.165) is 39.0 Å². The van der Waals surface area contributed by atoms with Gasteiger partial charge in [-0.2, -0.15) is 0 Å². The van der Waals surface area contributed by atoms with Crippen LogP contribution in [0.4, 0.5) is 0 Å². The molecule has 0 aliphatic heterocycles. The van der Waals surface area contributed by atoms with Gasteiger partial charge >= 0.3 is 0 Å². The van der Waals surface area contributed by atoms with Gasteiger partial charge in [0.1, 0.15) is 5.75 Å². The number of H-pyrrole nitrogens is 1. The Morgan fingerprint density at radius 2 is 1.34 bits per heavy atom. The molecular weight excluding hydrogens is 410 g/mol. The summed E-state index contributed by atoms with van der Waals surface area (Å²) in [5, 5.41) is 11.3. The normalized spacial score (nSPS) is 10.8. The van der Waals surface area contributed by atoms with E-state index in [1.165, 1.54) is 7.11 Å². The lowest BCUT2D eigenvalue weighted by Gasteiger charge is -2.15. The second-order valence-electron chi connectivity index (χ2n) is 7.09. The van der Waals surface area contributed by atoms with Crippen molar-refractivity contribution in [3.63, 3.8) is 0 Å². The van der Waals surface area contributed by atoms with Gasteiger partial charge in [-0.25, -0.2) is 0 Å². The molecule has 32 heavy (non-hydrogen) atoms. The zero-order chi connectivity index (χ0) is 22.8. The lowest BCUT2D eigenvalue weighted by Crippen LogP contribution is -1.96. The molecule has 4 aromatic rings. The van der Waals surface area contributed by atoms with Gasteiger partial charge in [-0.3, -0.25) is 0 Å². The first-order valence-electron chi connectivity index (χ1n) is 9.92. The summed E-state index contributed by atoms with van der Waals surface area (Å²) >= 11 is 0. The topological polar surface area (TPSA) is 82.2 Å². The molecule has 3 aromatic carbocycles. The lowest BCUT2D eigenvalue weighted by atomic mass is 9.97. The smallest absolute Gasteiger partial charge is 0.203 e. The van der Waals surface area contributed by atoms with Gasteiger partial charge in [0.05, 0.1) is 41.2 Å². The number of aromatic amines is 1. The maximum absolute atomic E-state index is 10.4. The van der Waals surface area contributed by atoms with E-state index in [4.69, 9.17) is 23.7 Å². The molecule has 0 saturated heterocycles. The number of hydrogen-bond acceptors (Lipinski definition) is 6. The molecule has 0 bridgehead atoms. The van der Waals surface area contributed by atoms with Crippen LogP contribution in [0, 0.1) is 0 Å². The molecule has 0 amide bonds. The maximum Gasteiger partial charge on any atom is 0.203 e. The Bertz CT molecular complexity index is 1250. The van der Waals surface area contributed by atoms with Crippen LogP contribution >= 0.6 is 0 Å². The number of fused-ring (bicyclic) bond motifs is 1. The number of phenolic OH excluding ortho intramolecular Hbond substituents is 1. The highest BCUT2D eigenvalue weighted by atomic mass is 16.5. The summed E-state index contributed by atoms with van der Waals surface area (Å²) in [5.41, 5.74) is 4.29. The summed E-state index contributed by atoms with van der Waals surface area (Å²) in [7, 11) is 7.90. The van der Waals surface area contributed by atoms with Crippen molar-refractivity contribution in [3.8, 4) is 56.9 Å². The van der Waals surface area contributed by atoms with Crippen molar-refractivity contribution >= 4 is 10.9 Å². The molecule has 1 heterocycles. The molecule has 2 N–H and O–H groups in total. The van der Waals surface area contributed by atoms with Crippen molar-refractivity contribution in [3.05, 3.63) is 48.5 Å². The minimum atomic E-state index is 0.0529. The highest BCUT2D eigenvalue weighted by Gasteiger charge is 2.21. The molecule has 0 unspecified atom stereocenters. The summed E-state index contributed by atoms with van der Waals surface area (Å²) in [5.74, 6) is 2.79. The predicted octanol–water partition coefficient (Wildman–Crippen LogP) is 5.25. The summed E-state index contributed by atoms with van der Waals surface area (Å²) in [6, 6.07) is 14.9. The monoisotopic (exact) mass is 435 g/mol. The second-order valence-corrected chi connectivity index (χ2v) is 7.09. The molecule has 0 atom stereocenters. The van der Waals surface area contributed by atoms with Crippen molar-refractivity contribution in [2.75, 3.05) is 35.5 Å². The lowest BCUT2D eigenvalue weighted by molar-refractivity contribution is 0.324. The van der Waals surface area contributed by atoms with Gasteiger partial charge in [0.2, 0.25) is 5.75 Å². The average molecular weight is 435 g/mol. The molecule has 7 nitrogen and oxygen atoms in total. The maximum atomic E-state index is 10.4. The van der Waals surface area contributed by atoms with Crippen LogP contribution in [-0.4, -0.2) is 45.6 Å². The number of nitrogens with one attached hydrogen (secondary N) is 1. The zero-order valence-corrected chi connectivity index (χ0v) is 18.6. The van der Waals surface area contributed by atoms with Crippen LogP contribution in [0.2, 0.25) is 0 Å². The molecule has 1 aromatic heterocycles. The second kappa shape index (κ2) is 8.63. The highest BCUT2D eigenvalue weighted by Crippen LogP contribution is 2.46. The average Bonchev–Trinajstić information content (AvgIpc) is 3.21. The molecule has 4 rings (SSSR count). The van der Waals surface area contributed by atoms with Crippen molar-refractivity contribution < 1.29 is 28.8 Å². The van der Waals surface area contributed by atoms with Crippen LogP contribution in [-0.2, 0) is 0 Å². The minimum absolute atomic E-state index is 0.0529. The third kappa shape index (κ3) is 3.51. The first kappa shape index (κ1) is 21.2. The van der Waals surface area contributed by atoms with Gasteiger partial charge in [0.25, 0.3) is 0 Å². The van der Waals surface area contributed by atoms with E-state index in [1.54, 1.807) is 40.6 Å². The Balaban J connectivity index is 2.05. The van der Waals surface area contributed by atoms with Gasteiger partial charge < -0.3 is 33.8 Å². The SMILES string of the molecule is COc1ccc2[nH]c(-c3ccc(OC)c(O)c3)c(-c3cc(OC)c(OC)c(OC)c3)c2c1. The van der Waals surface area contributed by atoms with Crippen LogP contribution in [0.5, 0.6) is 34.5 Å². The highest BCUT2D eigenvalue weighted by molar-refractivity contribution is 6.05. The van der Waals surface area contributed by atoms with Crippen molar-refractivity contribution in [2.24, 2.45) is 0 Å². The third-order valence-corrected chi connectivity index (χ3v) is 5.43. The van der Waals surface area contributed by atoms with Gasteiger partial charge in [0.15, 0.2) is 23.0 Å². The Morgan fingerprint density at radius 3 is 1.91 bits per heavy atom.